The van der Waals surface area contributed by atoms with Crippen molar-refractivity contribution < 1.29 is 9.53 Å². The number of nitrogens with one attached hydrogen (secondary N) is 1. The van der Waals surface area contributed by atoms with Crippen LogP contribution in [0.5, 0.6) is 5.75 Å². The highest BCUT2D eigenvalue weighted by Gasteiger charge is 2.26. The van der Waals surface area contributed by atoms with Crippen LogP contribution < -0.4 is 4.74 Å². The summed E-state index contributed by atoms with van der Waals surface area (Å²) in [6.45, 7) is 3.71. The molecule has 2 heterocycles. The van der Waals surface area contributed by atoms with Gasteiger partial charge in [-0.05, 0) is 55.2 Å². The van der Waals surface area contributed by atoms with Gasteiger partial charge in [0.2, 0.25) is 5.91 Å². The summed E-state index contributed by atoms with van der Waals surface area (Å²) in [4.78, 5) is 18.4. The van der Waals surface area contributed by atoms with Gasteiger partial charge in [0.05, 0.1) is 13.5 Å². The predicted octanol–water partition coefficient (Wildman–Crippen LogP) is 4.43. The fourth-order valence-corrected chi connectivity index (χ4v) is 4.02. The Labute approximate surface area is 160 Å². The van der Waals surface area contributed by atoms with Crippen molar-refractivity contribution >= 4 is 16.8 Å². The van der Waals surface area contributed by atoms with E-state index in [1.807, 2.05) is 23.1 Å². The molecule has 0 aliphatic carbocycles. The van der Waals surface area contributed by atoms with E-state index in [1.165, 1.54) is 11.3 Å². The average Bonchev–Trinajstić information content (AvgIpc) is 3.13. The number of carbonyl (C=O) groups excluding carboxylic acids is 1. The molecular weight excluding hydrogens is 336 g/mol. The number of methoxy groups -OCH3 is 1. The zero-order valence-electron chi connectivity index (χ0n) is 16.0. The molecule has 1 aromatic heterocycles. The number of aryl methyl sites for hydroxylation is 1. The molecule has 140 valence electrons. The first kappa shape index (κ1) is 17.7. The molecule has 0 spiro atoms. The molecule has 1 atom stereocenters. The zero-order chi connectivity index (χ0) is 18.8. The lowest BCUT2D eigenvalue weighted by Crippen LogP contribution is -2.40. The zero-order valence-corrected chi connectivity index (χ0v) is 16.0. The van der Waals surface area contributed by atoms with E-state index in [2.05, 4.69) is 42.2 Å². The van der Waals surface area contributed by atoms with Crippen LogP contribution in [0.3, 0.4) is 0 Å². The molecule has 1 amide bonds. The van der Waals surface area contributed by atoms with Crippen LogP contribution in [0.1, 0.15) is 35.6 Å². The number of benzene rings is 2. The number of ether oxygens (including phenoxy) is 1. The molecular formula is C23H26N2O2. The second kappa shape index (κ2) is 7.47. The predicted molar refractivity (Wildman–Crippen MR) is 108 cm³/mol. The normalized spacial score (nSPS) is 17.3. The molecule has 1 aliphatic heterocycles. The number of fused-ring (bicyclic) bond motifs is 1. The van der Waals surface area contributed by atoms with Gasteiger partial charge in [-0.25, -0.2) is 0 Å². The number of hydrogen-bond donors (Lipinski definition) is 1. The molecule has 0 saturated carbocycles. The third kappa shape index (κ3) is 3.70. The van der Waals surface area contributed by atoms with Crippen LogP contribution in [-0.2, 0) is 11.2 Å². The third-order valence-electron chi connectivity index (χ3n) is 5.67. The van der Waals surface area contributed by atoms with Gasteiger partial charge in [-0.3, -0.25) is 4.79 Å². The summed E-state index contributed by atoms with van der Waals surface area (Å²) < 4.78 is 5.32. The summed E-state index contributed by atoms with van der Waals surface area (Å²) >= 11 is 0. The molecule has 4 nitrogen and oxygen atoms in total. The number of carbonyl (C=O) groups is 1. The Morgan fingerprint density at radius 2 is 2.07 bits per heavy atom. The van der Waals surface area contributed by atoms with Crippen LogP contribution in [0.4, 0.5) is 0 Å². The number of aromatic nitrogens is 1. The number of hydrogen-bond acceptors (Lipinski definition) is 2. The standard InChI is InChI=1S/C23H26N2O2/c1-16-6-3-4-7-17(16)14-23(26)25-11-5-8-18(15-25)22-13-19-12-20(27-2)9-10-21(19)24-22/h3-4,6-7,9-10,12-13,18,24H,5,8,11,14-15H2,1-2H3. The van der Waals surface area contributed by atoms with E-state index in [9.17, 15) is 4.79 Å². The second-order valence-corrected chi connectivity index (χ2v) is 7.46. The lowest BCUT2D eigenvalue weighted by Gasteiger charge is -2.32. The molecule has 0 radical (unpaired) electrons. The fraction of sp³-hybridized carbons (Fsp3) is 0.348. The van der Waals surface area contributed by atoms with Gasteiger partial charge in [-0.2, -0.15) is 0 Å². The Morgan fingerprint density at radius 1 is 1.22 bits per heavy atom. The summed E-state index contributed by atoms with van der Waals surface area (Å²) in [6.07, 6.45) is 2.64. The monoisotopic (exact) mass is 362 g/mol. The van der Waals surface area contributed by atoms with Crippen molar-refractivity contribution in [3.05, 3.63) is 65.4 Å². The lowest BCUT2D eigenvalue weighted by atomic mass is 9.94. The number of nitrogens with zero attached hydrogens (tertiary/aromatic N) is 1. The SMILES string of the molecule is COc1ccc2[nH]c(C3CCCN(C(=O)Cc4ccccc4C)C3)cc2c1. The largest absolute Gasteiger partial charge is 0.497 e. The van der Waals surface area contributed by atoms with Gasteiger partial charge in [0.1, 0.15) is 5.75 Å². The Kier molecular flexibility index (Phi) is 4.88. The second-order valence-electron chi connectivity index (χ2n) is 7.46. The fourth-order valence-electron chi connectivity index (χ4n) is 4.02. The van der Waals surface area contributed by atoms with Crippen LogP contribution in [-0.4, -0.2) is 36.0 Å². The van der Waals surface area contributed by atoms with Crippen LogP contribution in [0.15, 0.2) is 48.5 Å². The van der Waals surface area contributed by atoms with E-state index in [0.717, 1.165) is 48.1 Å². The number of amides is 1. The number of aromatic amines is 1. The maximum atomic E-state index is 12.9. The quantitative estimate of drug-likeness (QED) is 0.746. The van der Waals surface area contributed by atoms with E-state index in [1.54, 1.807) is 7.11 Å². The van der Waals surface area contributed by atoms with E-state index in [4.69, 9.17) is 4.74 Å². The molecule has 3 aromatic rings. The smallest absolute Gasteiger partial charge is 0.227 e. The van der Waals surface area contributed by atoms with Gasteiger partial charge in [0, 0.05) is 35.6 Å². The van der Waals surface area contributed by atoms with Gasteiger partial charge in [0.15, 0.2) is 0 Å². The summed E-state index contributed by atoms with van der Waals surface area (Å²) in [5.41, 5.74) is 4.65. The molecule has 4 heteroatoms. The number of likely N-dealkylation sites (tertiary alicyclic amines) is 1. The van der Waals surface area contributed by atoms with Gasteiger partial charge >= 0.3 is 0 Å². The minimum Gasteiger partial charge on any atom is -0.497 e. The summed E-state index contributed by atoms with van der Waals surface area (Å²) in [5, 5.41) is 1.16. The first-order valence-electron chi connectivity index (χ1n) is 9.63. The van der Waals surface area contributed by atoms with Gasteiger partial charge in [-0.15, -0.1) is 0 Å². The Balaban J connectivity index is 1.49. The molecule has 0 bridgehead atoms. The van der Waals surface area contributed by atoms with Crippen LogP contribution >= 0.6 is 0 Å². The highest BCUT2D eigenvalue weighted by Crippen LogP contribution is 2.30. The van der Waals surface area contributed by atoms with Crippen molar-refractivity contribution in [2.45, 2.75) is 32.1 Å². The van der Waals surface area contributed by atoms with Crippen molar-refractivity contribution in [1.29, 1.82) is 0 Å². The maximum absolute atomic E-state index is 12.9. The van der Waals surface area contributed by atoms with Crippen molar-refractivity contribution in [3.63, 3.8) is 0 Å². The molecule has 1 N–H and O–H groups in total. The number of piperidine rings is 1. The maximum Gasteiger partial charge on any atom is 0.227 e. The third-order valence-corrected chi connectivity index (χ3v) is 5.67. The van der Waals surface area contributed by atoms with E-state index in [-0.39, 0.29) is 5.91 Å². The summed E-state index contributed by atoms with van der Waals surface area (Å²) in [7, 11) is 1.69. The van der Waals surface area contributed by atoms with Crippen molar-refractivity contribution in [3.8, 4) is 5.75 Å². The van der Waals surface area contributed by atoms with Gasteiger partial charge < -0.3 is 14.6 Å². The Morgan fingerprint density at radius 3 is 2.89 bits per heavy atom. The number of H-pyrrole nitrogens is 1. The van der Waals surface area contributed by atoms with Gasteiger partial charge in [0.25, 0.3) is 0 Å². The molecule has 4 rings (SSSR count). The van der Waals surface area contributed by atoms with Crippen LogP contribution in [0.25, 0.3) is 10.9 Å². The minimum atomic E-state index is 0.229. The van der Waals surface area contributed by atoms with Gasteiger partial charge in [-0.1, -0.05) is 24.3 Å². The Hall–Kier alpha value is -2.75. The van der Waals surface area contributed by atoms with E-state index in [0.29, 0.717) is 12.3 Å². The first-order valence-corrected chi connectivity index (χ1v) is 9.63. The highest BCUT2D eigenvalue weighted by atomic mass is 16.5. The molecule has 1 unspecified atom stereocenters. The van der Waals surface area contributed by atoms with Crippen molar-refractivity contribution in [1.82, 2.24) is 9.88 Å². The Bertz CT molecular complexity index is 960. The van der Waals surface area contributed by atoms with Crippen molar-refractivity contribution in [2.24, 2.45) is 0 Å². The summed E-state index contributed by atoms with van der Waals surface area (Å²) in [6, 6.07) is 16.4. The molecule has 27 heavy (non-hydrogen) atoms. The minimum absolute atomic E-state index is 0.229. The topological polar surface area (TPSA) is 45.3 Å². The van der Waals surface area contributed by atoms with E-state index < -0.39 is 0 Å². The molecule has 1 fully saturated rings. The molecule has 1 saturated heterocycles. The van der Waals surface area contributed by atoms with E-state index >= 15 is 0 Å². The van der Waals surface area contributed by atoms with Crippen LogP contribution in [0.2, 0.25) is 0 Å². The molecule has 1 aliphatic rings. The lowest BCUT2D eigenvalue weighted by molar-refractivity contribution is -0.131. The summed E-state index contributed by atoms with van der Waals surface area (Å²) in [5.74, 6) is 1.46. The highest BCUT2D eigenvalue weighted by molar-refractivity contribution is 5.82. The first-order chi connectivity index (χ1) is 13.1. The van der Waals surface area contributed by atoms with Crippen LogP contribution in [0, 0.1) is 6.92 Å². The van der Waals surface area contributed by atoms with Crippen molar-refractivity contribution in [2.75, 3.05) is 20.2 Å². The average molecular weight is 362 g/mol. The number of rotatable bonds is 4. The molecule has 2 aromatic carbocycles.